The predicted molar refractivity (Wildman–Crippen MR) is 120 cm³/mol. The molecule has 3 aromatic rings. The smallest absolute Gasteiger partial charge is 0.306 e. The first-order chi connectivity index (χ1) is 16.4. The number of hydrogen-bond acceptors (Lipinski definition) is 8. The van der Waals surface area contributed by atoms with Crippen LogP contribution in [-0.4, -0.2) is 47.9 Å². The number of allylic oxidation sites excluding steroid dienone is 1. The van der Waals surface area contributed by atoms with Crippen LogP contribution in [0.2, 0.25) is 0 Å². The molecule has 1 aliphatic heterocycles. The zero-order valence-electron chi connectivity index (χ0n) is 18.0. The van der Waals surface area contributed by atoms with Crippen LogP contribution < -0.4 is 15.0 Å². The number of benzene rings is 2. The minimum atomic E-state index is -1.22. The number of nitrogens with one attached hydrogen (secondary N) is 1. The predicted octanol–water partition coefficient (Wildman–Crippen LogP) is 2.68. The second-order valence-corrected chi connectivity index (χ2v) is 7.94. The zero-order valence-corrected chi connectivity index (χ0v) is 18.0. The van der Waals surface area contributed by atoms with E-state index in [1.165, 1.54) is 25.3 Å². The fourth-order valence-corrected chi connectivity index (χ4v) is 4.34. The number of hydrogen-bond donors (Lipinski definition) is 2. The van der Waals surface area contributed by atoms with Crippen molar-refractivity contribution < 1.29 is 33.7 Å². The van der Waals surface area contributed by atoms with Crippen LogP contribution in [0.5, 0.6) is 11.5 Å². The van der Waals surface area contributed by atoms with Crippen LogP contribution in [0, 0.1) is 0 Å². The first kappa shape index (κ1) is 21.4. The normalized spacial score (nSPS) is 15.8. The molecule has 34 heavy (non-hydrogen) atoms. The summed E-state index contributed by atoms with van der Waals surface area (Å²) in [5, 5.41) is 11.6. The highest BCUT2D eigenvalue weighted by atomic mass is 16.6. The van der Waals surface area contributed by atoms with Gasteiger partial charge in [0.1, 0.15) is 19.0 Å². The summed E-state index contributed by atoms with van der Waals surface area (Å²) in [6.07, 6.45) is -0.434. The van der Waals surface area contributed by atoms with E-state index in [2.05, 4.69) is 4.98 Å². The van der Waals surface area contributed by atoms with Crippen LogP contribution in [0.1, 0.15) is 33.8 Å². The molecule has 172 valence electrons. The summed E-state index contributed by atoms with van der Waals surface area (Å²) in [5.74, 6) is -3.22. The average Bonchev–Trinajstić information content (AvgIpc) is 2.85. The maximum Gasteiger partial charge on any atom is 0.306 e. The summed E-state index contributed by atoms with van der Waals surface area (Å²) in [4.78, 5) is 54.0. The molecule has 1 aromatic heterocycles. The van der Waals surface area contributed by atoms with Crippen molar-refractivity contribution in [3.63, 3.8) is 0 Å². The number of H-pyrrole nitrogens is 1. The standard InChI is InChI=1S/C25H19NO8/c1-32-20(27)10-15(21-22(28)13-4-2-3-5-14(13)23(29)24(21)30)16-8-12-9-18-19(34-7-6-33-18)11-17(12)26-25(16)31/h2-5,8-9,11,15,28H,6-7,10H2,1H3,(H,26,31). The van der Waals surface area contributed by atoms with E-state index in [0.717, 1.165) is 0 Å². The lowest BCUT2D eigenvalue weighted by atomic mass is 9.78. The number of fused-ring (bicyclic) bond motifs is 3. The van der Waals surface area contributed by atoms with E-state index in [1.807, 2.05) is 0 Å². The molecule has 0 bridgehead atoms. The number of aromatic amines is 1. The molecule has 2 aliphatic rings. The first-order valence-electron chi connectivity index (χ1n) is 10.5. The molecule has 1 unspecified atom stereocenters. The Bertz CT molecular complexity index is 1470. The Morgan fingerprint density at radius 2 is 1.71 bits per heavy atom. The zero-order chi connectivity index (χ0) is 24.0. The van der Waals surface area contributed by atoms with Crippen LogP contribution in [0.3, 0.4) is 0 Å². The molecule has 0 saturated carbocycles. The molecule has 1 atom stereocenters. The van der Waals surface area contributed by atoms with Gasteiger partial charge >= 0.3 is 5.97 Å². The number of aromatic nitrogens is 1. The van der Waals surface area contributed by atoms with Crippen molar-refractivity contribution in [2.75, 3.05) is 20.3 Å². The molecular formula is C25H19NO8. The molecule has 2 heterocycles. The van der Waals surface area contributed by atoms with Crippen molar-refractivity contribution in [3.05, 3.63) is 75.1 Å². The third-order valence-corrected chi connectivity index (χ3v) is 5.99. The first-order valence-corrected chi connectivity index (χ1v) is 10.5. The van der Waals surface area contributed by atoms with Crippen molar-refractivity contribution >= 4 is 34.2 Å². The second kappa shape index (κ2) is 8.18. The Hall–Kier alpha value is -4.40. The van der Waals surface area contributed by atoms with E-state index in [4.69, 9.17) is 14.2 Å². The number of aliphatic hydroxyl groups is 1. The van der Waals surface area contributed by atoms with E-state index in [-0.39, 0.29) is 22.3 Å². The van der Waals surface area contributed by atoms with E-state index >= 15 is 0 Å². The Kier molecular flexibility index (Phi) is 5.16. The number of aliphatic hydroxyl groups excluding tert-OH is 1. The SMILES string of the molecule is COC(=O)CC(C1=C(O)c2ccccc2C(=O)C1=O)c1cc2cc3c(cc2[nH]c1=O)OCCO3. The van der Waals surface area contributed by atoms with E-state index in [1.54, 1.807) is 24.3 Å². The lowest BCUT2D eigenvalue weighted by molar-refractivity contribution is -0.140. The summed E-state index contributed by atoms with van der Waals surface area (Å²) in [6.45, 7) is 0.754. The Balaban J connectivity index is 1.72. The van der Waals surface area contributed by atoms with Crippen LogP contribution in [0.4, 0.5) is 0 Å². The molecule has 5 rings (SSSR count). The number of ketones is 2. The summed E-state index contributed by atoms with van der Waals surface area (Å²) < 4.78 is 15.9. The maximum atomic E-state index is 13.1. The number of Topliss-reactive ketones (excluding diaryl/α,β-unsaturated/α-hetero) is 2. The van der Waals surface area contributed by atoms with E-state index in [9.17, 15) is 24.3 Å². The third-order valence-electron chi connectivity index (χ3n) is 5.99. The van der Waals surface area contributed by atoms with Crippen molar-refractivity contribution in [2.24, 2.45) is 0 Å². The Morgan fingerprint density at radius 3 is 2.41 bits per heavy atom. The quantitative estimate of drug-likeness (QED) is 0.448. The Labute approximate surface area is 192 Å². The average molecular weight is 461 g/mol. The number of methoxy groups -OCH3 is 1. The fourth-order valence-electron chi connectivity index (χ4n) is 4.34. The highest BCUT2D eigenvalue weighted by molar-refractivity contribution is 6.52. The van der Waals surface area contributed by atoms with Crippen molar-refractivity contribution in [1.29, 1.82) is 0 Å². The van der Waals surface area contributed by atoms with Gasteiger partial charge in [0.05, 0.1) is 24.6 Å². The van der Waals surface area contributed by atoms with Gasteiger partial charge in [-0.15, -0.1) is 0 Å². The summed E-state index contributed by atoms with van der Waals surface area (Å²) in [6, 6.07) is 10.9. The van der Waals surface area contributed by atoms with Gasteiger partial charge in [-0.2, -0.15) is 0 Å². The summed E-state index contributed by atoms with van der Waals surface area (Å²) >= 11 is 0. The maximum absolute atomic E-state index is 13.1. The van der Waals surface area contributed by atoms with Gasteiger partial charge in [-0.05, 0) is 12.1 Å². The number of rotatable bonds is 4. The minimum Gasteiger partial charge on any atom is -0.507 e. The monoisotopic (exact) mass is 461 g/mol. The molecule has 2 N–H and O–H groups in total. The number of ether oxygens (including phenoxy) is 3. The molecule has 1 aliphatic carbocycles. The van der Waals surface area contributed by atoms with Gasteiger partial charge in [0.2, 0.25) is 11.6 Å². The molecule has 0 saturated heterocycles. The Morgan fingerprint density at radius 1 is 1.03 bits per heavy atom. The molecule has 0 amide bonds. The lowest BCUT2D eigenvalue weighted by Crippen LogP contribution is -2.31. The summed E-state index contributed by atoms with van der Waals surface area (Å²) in [7, 11) is 1.17. The van der Waals surface area contributed by atoms with Gasteiger partial charge < -0.3 is 24.3 Å². The lowest BCUT2D eigenvalue weighted by Gasteiger charge is -2.24. The number of pyridine rings is 1. The molecule has 0 spiro atoms. The second-order valence-electron chi connectivity index (χ2n) is 7.94. The van der Waals surface area contributed by atoms with Crippen molar-refractivity contribution in [3.8, 4) is 11.5 Å². The fraction of sp³-hybridized carbons (Fsp3) is 0.200. The molecule has 9 nitrogen and oxygen atoms in total. The van der Waals surface area contributed by atoms with Gasteiger partial charge in [-0.3, -0.25) is 19.2 Å². The molecule has 0 fully saturated rings. The third kappa shape index (κ3) is 3.42. The van der Waals surface area contributed by atoms with E-state index in [0.29, 0.717) is 35.6 Å². The number of carbonyl (C=O) groups is 3. The number of carbonyl (C=O) groups excluding carboxylic acids is 3. The summed E-state index contributed by atoms with van der Waals surface area (Å²) in [5.41, 5.74) is -0.203. The molecule has 0 radical (unpaired) electrons. The van der Waals surface area contributed by atoms with Gasteiger partial charge in [0, 0.05) is 34.1 Å². The van der Waals surface area contributed by atoms with Crippen LogP contribution in [-0.2, 0) is 14.3 Å². The minimum absolute atomic E-state index is 0.0247. The van der Waals surface area contributed by atoms with Gasteiger partial charge in [0.25, 0.3) is 5.56 Å². The van der Waals surface area contributed by atoms with Crippen molar-refractivity contribution in [1.82, 2.24) is 4.98 Å². The van der Waals surface area contributed by atoms with Crippen LogP contribution >= 0.6 is 0 Å². The van der Waals surface area contributed by atoms with Gasteiger partial charge in [0.15, 0.2) is 11.5 Å². The van der Waals surface area contributed by atoms with E-state index < -0.39 is 41.2 Å². The largest absolute Gasteiger partial charge is 0.507 e. The van der Waals surface area contributed by atoms with Crippen molar-refractivity contribution in [2.45, 2.75) is 12.3 Å². The molecule has 2 aromatic carbocycles. The van der Waals surface area contributed by atoms with Crippen LogP contribution in [0.25, 0.3) is 16.7 Å². The van der Waals surface area contributed by atoms with Crippen LogP contribution in [0.15, 0.2) is 52.8 Å². The number of esters is 1. The highest BCUT2D eigenvalue weighted by Crippen LogP contribution is 2.39. The molecule has 9 heteroatoms. The van der Waals surface area contributed by atoms with Gasteiger partial charge in [-0.25, -0.2) is 0 Å². The van der Waals surface area contributed by atoms with Gasteiger partial charge in [-0.1, -0.05) is 24.3 Å². The highest BCUT2D eigenvalue weighted by Gasteiger charge is 2.39. The molecular weight excluding hydrogens is 442 g/mol. The topological polar surface area (TPSA) is 132 Å².